The fourth-order valence-electron chi connectivity index (χ4n) is 1.40. The van der Waals surface area contributed by atoms with Crippen LogP contribution in [0.25, 0.3) is 0 Å². The number of aromatic nitrogens is 1. The van der Waals surface area contributed by atoms with Gasteiger partial charge in [-0.1, -0.05) is 0 Å². The van der Waals surface area contributed by atoms with Gasteiger partial charge in [0.05, 0.1) is 7.11 Å². The van der Waals surface area contributed by atoms with Gasteiger partial charge in [0.25, 0.3) is 0 Å². The molecule has 7 heteroatoms. The zero-order chi connectivity index (χ0) is 13.0. The molecule has 6 nitrogen and oxygen atoms in total. The standard InChI is InChI=1S/C11H15N3O3S/c1-17-10(16)8-6-18-11(14-8)13-5-4-12-9(15)7-2-3-7/h6-7H,2-5H2,1H3,(H,12,15)(H,13,14). The molecule has 2 N–H and O–H groups in total. The van der Waals surface area contributed by atoms with Crippen molar-refractivity contribution in [2.45, 2.75) is 12.8 Å². The van der Waals surface area contributed by atoms with Crippen molar-refractivity contribution in [2.24, 2.45) is 5.92 Å². The number of amides is 1. The minimum absolute atomic E-state index is 0.131. The van der Waals surface area contributed by atoms with Crippen LogP contribution in [0.1, 0.15) is 23.3 Å². The minimum atomic E-state index is -0.443. The van der Waals surface area contributed by atoms with E-state index in [0.29, 0.717) is 23.9 Å². The van der Waals surface area contributed by atoms with Crippen molar-refractivity contribution < 1.29 is 14.3 Å². The minimum Gasteiger partial charge on any atom is -0.464 e. The Morgan fingerprint density at radius 2 is 2.28 bits per heavy atom. The number of hydrogen-bond donors (Lipinski definition) is 2. The van der Waals surface area contributed by atoms with Crippen LogP contribution in [-0.4, -0.2) is 37.1 Å². The van der Waals surface area contributed by atoms with Crippen LogP contribution in [-0.2, 0) is 9.53 Å². The van der Waals surface area contributed by atoms with E-state index in [1.54, 1.807) is 5.38 Å². The molecule has 0 spiro atoms. The Bertz CT molecular complexity index is 442. The second-order valence-electron chi connectivity index (χ2n) is 4.02. The number of carbonyl (C=O) groups is 2. The number of carbonyl (C=O) groups excluding carboxylic acids is 2. The zero-order valence-electron chi connectivity index (χ0n) is 10.1. The number of hydrogen-bond acceptors (Lipinski definition) is 6. The normalized spacial score (nSPS) is 14.1. The van der Waals surface area contributed by atoms with Gasteiger partial charge in [-0.15, -0.1) is 11.3 Å². The summed E-state index contributed by atoms with van der Waals surface area (Å²) in [4.78, 5) is 26.6. The third-order valence-corrected chi connectivity index (χ3v) is 3.35. The van der Waals surface area contributed by atoms with Crippen molar-refractivity contribution in [1.29, 1.82) is 0 Å². The summed E-state index contributed by atoms with van der Waals surface area (Å²) in [5, 5.41) is 8.17. The molecule has 98 valence electrons. The Labute approximate surface area is 109 Å². The predicted molar refractivity (Wildman–Crippen MR) is 67.7 cm³/mol. The molecule has 0 radical (unpaired) electrons. The molecule has 0 bridgehead atoms. The van der Waals surface area contributed by atoms with Crippen molar-refractivity contribution in [1.82, 2.24) is 10.3 Å². The van der Waals surface area contributed by atoms with Gasteiger partial charge in [0.15, 0.2) is 10.8 Å². The van der Waals surface area contributed by atoms with Gasteiger partial charge in [0.2, 0.25) is 5.91 Å². The molecular formula is C11H15N3O3S. The highest BCUT2D eigenvalue weighted by Crippen LogP contribution is 2.28. The molecule has 1 aromatic heterocycles. The average Bonchev–Trinajstić information content (AvgIpc) is 3.13. The molecular weight excluding hydrogens is 254 g/mol. The Morgan fingerprint density at radius 3 is 2.94 bits per heavy atom. The maximum atomic E-state index is 11.3. The number of rotatable bonds is 6. The largest absolute Gasteiger partial charge is 0.464 e. The fourth-order valence-corrected chi connectivity index (χ4v) is 2.11. The lowest BCUT2D eigenvalue weighted by atomic mass is 10.4. The first-order chi connectivity index (χ1) is 8.70. The topological polar surface area (TPSA) is 80.3 Å². The lowest BCUT2D eigenvalue weighted by molar-refractivity contribution is -0.122. The van der Waals surface area contributed by atoms with E-state index in [1.165, 1.54) is 18.4 Å². The molecule has 1 heterocycles. The van der Waals surface area contributed by atoms with Gasteiger partial charge in [-0.25, -0.2) is 9.78 Å². The van der Waals surface area contributed by atoms with Crippen LogP contribution in [0.4, 0.5) is 5.13 Å². The predicted octanol–water partition coefficient (Wildman–Crippen LogP) is 0.868. The number of nitrogens with one attached hydrogen (secondary N) is 2. The van der Waals surface area contributed by atoms with E-state index in [4.69, 9.17) is 0 Å². The van der Waals surface area contributed by atoms with Crippen molar-refractivity contribution >= 4 is 28.3 Å². The highest BCUT2D eigenvalue weighted by molar-refractivity contribution is 7.13. The summed E-state index contributed by atoms with van der Waals surface area (Å²) in [6.45, 7) is 1.15. The monoisotopic (exact) mass is 269 g/mol. The van der Waals surface area contributed by atoms with Gasteiger partial charge in [0.1, 0.15) is 0 Å². The smallest absolute Gasteiger partial charge is 0.357 e. The molecule has 0 aliphatic heterocycles. The van der Waals surface area contributed by atoms with E-state index in [-0.39, 0.29) is 11.8 Å². The van der Waals surface area contributed by atoms with E-state index in [1.807, 2.05) is 0 Å². The Hall–Kier alpha value is -1.63. The van der Waals surface area contributed by atoms with Crippen molar-refractivity contribution in [3.05, 3.63) is 11.1 Å². The highest BCUT2D eigenvalue weighted by atomic mass is 32.1. The molecule has 1 saturated carbocycles. The van der Waals surface area contributed by atoms with Crippen LogP contribution in [0.5, 0.6) is 0 Å². The van der Waals surface area contributed by atoms with E-state index < -0.39 is 5.97 Å². The van der Waals surface area contributed by atoms with Crippen LogP contribution in [0, 0.1) is 5.92 Å². The lowest BCUT2D eigenvalue weighted by Gasteiger charge is -2.04. The quantitative estimate of drug-likeness (QED) is 0.591. The first kappa shape index (κ1) is 12.8. The van der Waals surface area contributed by atoms with Gasteiger partial charge >= 0.3 is 5.97 Å². The maximum absolute atomic E-state index is 11.3. The molecule has 0 saturated heterocycles. The summed E-state index contributed by atoms with van der Waals surface area (Å²) in [6.07, 6.45) is 2.02. The van der Waals surface area contributed by atoms with Gasteiger partial charge in [-0.2, -0.15) is 0 Å². The van der Waals surface area contributed by atoms with E-state index >= 15 is 0 Å². The van der Waals surface area contributed by atoms with Gasteiger partial charge in [-0.05, 0) is 12.8 Å². The fraction of sp³-hybridized carbons (Fsp3) is 0.545. The van der Waals surface area contributed by atoms with Crippen LogP contribution in [0.15, 0.2) is 5.38 Å². The lowest BCUT2D eigenvalue weighted by Crippen LogP contribution is -2.29. The third kappa shape index (κ3) is 3.43. The highest BCUT2D eigenvalue weighted by Gasteiger charge is 2.28. The van der Waals surface area contributed by atoms with Crippen LogP contribution < -0.4 is 10.6 Å². The second-order valence-corrected chi connectivity index (χ2v) is 4.88. The summed E-state index contributed by atoms with van der Waals surface area (Å²) >= 11 is 1.33. The number of anilines is 1. The van der Waals surface area contributed by atoms with Gasteiger partial charge < -0.3 is 15.4 Å². The summed E-state index contributed by atoms with van der Waals surface area (Å²) in [5.74, 6) is -0.0803. The number of methoxy groups -OCH3 is 1. The number of nitrogens with zero attached hydrogens (tertiary/aromatic N) is 1. The van der Waals surface area contributed by atoms with Crippen molar-refractivity contribution in [3.8, 4) is 0 Å². The summed E-state index contributed by atoms with van der Waals surface area (Å²) in [7, 11) is 1.32. The van der Waals surface area contributed by atoms with E-state index in [2.05, 4.69) is 20.4 Å². The summed E-state index contributed by atoms with van der Waals surface area (Å²) in [5.41, 5.74) is 0.298. The molecule has 0 unspecified atom stereocenters. The zero-order valence-corrected chi connectivity index (χ0v) is 10.9. The van der Waals surface area contributed by atoms with Crippen molar-refractivity contribution in [3.63, 3.8) is 0 Å². The molecule has 0 atom stereocenters. The Balaban J connectivity index is 1.68. The molecule has 1 aliphatic carbocycles. The Morgan fingerprint density at radius 1 is 1.50 bits per heavy atom. The number of thiazole rings is 1. The summed E-state index contributed by atoms with van der Waals surface area (Å²) < 4.78 is 4.56. The molecule has 1 aliphatic rings. The molecule has 1 amide bonds. The van der Waals surface area contributed by atoms with Crippen LogP contribution in [0.2, 0.25) is 0 Å². The van der Waals surface area contributed by atoms with Crippen LogP contribution >= 0.6 is 11.3 Å². The molecule has 18 heavy (non-hydrogen) atoms. The molecule has 2 rings (SSSR count). The van der Waals surface area contributed by atoms with Gasteiger partial charge in [-0.3, -0.25) is 4.79 Å². The Kier molecular flexibility index (Phi) is 4.14. The van der Waals surface area contributed by atoms with Crippen LogP contribution in [0.3, 0.4) is 0 Å². The van der Waals surface area contributed by atoms with Crippen molar-refractivity contribution in [2.75, 3.05) is 25.5 Å². The maximum Gasteiger partial charge on any atom is 0.357 e. The first-order valence-electron chi connectivity index (χ1n) is 5.76. The first-order valence-corrected chi connectivity index (χ1v) is 6.64. The number of esters is 1. The molecule has 0 aromatic carbocycles. The molecule has 1 fully saturated rings. The van der Waals surface area contributed by atoms with E-state index in [0.717, 1.165) is 12.8 Å². The SMILES string of the molecule is COC(=O)c1csc(NCCNC(=O)C2CC2)n1. The van der Waals surface area contributed by atoms with Gasteiger partial charge in [0, 0.05) is 24.4 Å². The van der Waals surface area contributed by atoms with E-state index in [9.17, 15) is 9.59 Å². The second kappa shape index (κ2) is 5.81. The number of ether oxygens (including phenoxy) is 1. The summed E-state index contributed by atoms with van der Waals surface area (Å²) in [6, 6.07) is 0. The average molecular weight is 269 g/mol. The molecule has 1 aromatic rings. The third-order valence-electron chi connectivity index (χ3n) is 2.55.